The SMILES string of the molecule is [2H]C1([2H])Oc2ccc(OC3CCNCC3)c(C)c2OC1([2H])[2H]. The molecular weight excluding hydrogens is 230 g/mol. The Bertz CT molecular complexity index is 573. The molecule has 0 unspecified atom stereocenters. The predicted molar refractivity (Wildman–Crippen MR) is 68.7 cm³/mol. The molecule has 0 saturated carbocycles. The molecule has 18 heavy (non-hydrogen) atoms. The van der Waals surface area contributed by atoms with Gasteiger partial charge in [0.15, 0.2) is 11.5 Å². The molecule has 0 radical (unpaired) electrons. The normalized spacial score (nSPS) is 28.5. The van der Waals surface area contributed by atoms with E-state index in [0.29, 0.717) is 11.3 Å². The Hall–Kier alpha value is -1.42. The molecule has 2 heterocycles. The van der Waals surface area contributed by atoms with Crippen molar-refractivity contribution < 1.29 is 19.7 Å². The lowest BCUT2D eigenvalue weighted by Crippen LogP contribution is -2.34. The maximum atomic E-state index is 7.68. The number of ether oxygens (including phenoxy) is 3. The third kappa shape index (κ3) is 2.25. The van der Waals surface area contributed by atoms with Crippen LogP contribution >= 0.6 is 0 Å². The van der Waals surface area contributed by atoms with Crippen LogP contribution in [-0.4, -0.2) is 32.3 Å². The average molecular weight is 253 g/mol. The van der Waals surface area contributed by atoms with Crippen molar-refractivity contribution in [1.82, 2.24) is 5.32 Å². The molecule has 1 saturated heterocycles. The fourth-order valence-corrected chi connectivity index (χ4v) is 2.22. The van der Waals surface area contributed by atoms with Crippen LogP contribution in [0.25, 0.3) is 0 Å². The number of hydrogen-bond acceptors (Lipinski definition) is 4. The summed E-state index contributed by atoms with van der Waals surface area (Å²) in [5.74, 6) is 1.01. The van der Waals surface area contributed by atoms with E-state index in [-0.39, 0.29) is 17.6 Å². The van der Waals surface area contributed by atoms with Crippen LogP contribution in [0.5, 0.6) is 17.2 Å². The number of fused-ring (bicyclic) bond motifs is 1. The van der Waals surface area contributed by atoms with E-state index in [1.807, 2.05) is 0 Å². The highest BCUT2D eigenvalue weighted by molar-refractivity contribution is 5.53. The first-order valence-electron chi connectivity index (χ1n) is 8.19. The van der Waals surface area contributed by atoms with Crippen LogP contribution in [-0.2, 0) is 0 Å². The largest absolute Gasteiger partial charge is 0.490 e. The first-order chi connectivity index (χ1) is 10.3. The van der Waals surface area contributed by atoms with Gasteiger partial charge in [-0.2, -0.15) is 0 Å². The lowest BCUT2D eigenvalue weighted by Gasteiger charge is -2.26. The highest BCUT2D eigenvalue weighted by Gasteiger charge is 2.20. The Morgan fingerprint density at radius 3 is 2.89 bits per heavy atom. The monoisotopic (exact) mass is 253 g/mol. The highest BCUT2D eigenvalue weighted by Crippen LogP contribution is 2.39. The lowest BCUT2D eigenvalue weighted by molar-refractivity contribution is 0.152. The molecule has 0 aromatic heterocycles. The van der Waals surface area contributed by atoms with Crippen molar-refractivity contribution in [3.8, 4) is 17.2 Å². The molecule has 0 spiro atoms. The predicted octanol–water partition coefficient (Wildman–Crippen LogP) is 1.90. The minimum atomic E-state index is -2.56. The van der Waals surface area contributed by atoms with Gasteiger partial charge in [-0.15, -0.1) is 0 Å². The summed E-state index contributed by atoms with van der Waals surface area (Å²) in [6, 6.07) is 3.28. The van der Waals surface area contributed by atoms with Crippen molar-refractivity contribution in [2.75, 3.05) is 26.2 Å². The van der Waals surface area contributed by atoms with Crippen molar-refractivity contribution in [2.45, 2.75) is 25.9 Å². The van der Waals surface area contributed by atoms with Crippen LogP contribution in [0, 0.1) is 6.92 Å². The molecule has 4 nitrogen and oxygen atoms in total. The fraction of sp³-hybridized carbons (Fsp3) is 0.571. The second-order valence-electron chi connectivity index (χ2n) is 4.49. The summed E-state index contributed by atoms with van der Waals surface area (Å²) in [7, 11) is 0. The van der Waals surface area contributed by atoms with Crippen LogP contribution < -0.4 is 19.5 Å². The third-order valence-corrected chi connectivity index (χ3v) is 3.26. The molecule has 0 atom stereocenters. The first kappa shape index (κ1) is 7.89. The molecule has 2 aliphatic heterocycles. The second-order valence-corrected chi connectivity index (χ2v) is 4.49. The Labute approximate surface area is 113 Å². The Morgan fingerprint density at radius 1 is 1.28 bits per heavy atom. The number of piperidine rings is 1. The molecule has 0 amide bonds. The summed E-state index contributed by atoms with van der Waals surface area (Å²) >= 11 is 0. The van der Waals surface area contributed by atoms with Gasteiger partial charge in [0.05, 0.1) is 5.48 Å². The second kappa shape index (κ2) is 5.06. The van der Waals surface area contributed by atoms with E-state index in [2.05, 4.69) is 5.32 Å². The first-order valence-corrected chi connectivity index (χ1v) is 6.19. The van der Waals surface area contributed by atoms with Gasteiger partial charge >= 0.3 is 0 Å². The van der Waals surface area contributed by atoms with Crippen LogP contribution in [0.15, 0.2) is 12.1 Å². The lowest BCUT2D eigenvalue weighted by atomic mass is 10.1. The maximum absolute atomic E-state index is 7.68. The van der Waals surface area contributed by atoms with E-state index in [1.54, 1.807) is 19.1 Å². The van der Waals surface area contributed by atoms with Crippen LogP contribution in [0.2, 0.25) is 0 Å². The number of nitrogens with one attached hydrogen (secondary N) is 1. The van der Waals surface area contributed by atoms with E-state index in [0.717, 1.165) is 25.9 Å². The Kier molecular flexibility index (Phi) is 2.22. The summed E-state index contributed by atoms with van der Waals surface area (Å²) in [6.45, 7) is -1.51. The van der Waals surface area contributed by atoms with E-state index < -0.39 is 13.1 Å². The van der Waals surface area contributed by atoms with E-state index in [1.165, 1.54) is 0 Å². The van der Waals surface area contributed by atoms with E-state index >= 15 is 0 Å². The average Bonchev–Trinajstić information content (AvgIpc) is 2.45. The highest BCUT2D eigenvalue weighted by atomic mass is 16.6. The molecule has 1 fully saturated rings. The summed E-state index contributed by atoms with van der Waals surface area (Å²) < 4.78 is 46.9. The molecule has 1 aromatic carbocycles. The topological polar surface area (TPSA) is 39.7 Å². The summed E-state index contributed by atoms with van der Waals surface area (Å²) in [6.07, 6.45) is 1.94. The van der Waals surface area contributed by atoms with Gasteiger partial charge in [-0.1, -0.05) is 0 Å². The Morgan fingerprint density at radius 2 is 2.06 bits per heavy atom. The fourth-order valence-electron chi connectivity index (χ4n) is 2.22. The van der Waals surface area contributed by atoms with Crippen molar-refractivity contribution in [2.24, 2.45) is 0 Å². The number of rotatable bonds is 2. The van der Waals surface area contributed by atoms with Crippen molar-refractivity contribution in [3.63, 3.8) is 0 Å². The zero-order valence-electron chi connectivity index (χ0n) is 14.3. The van der Waals surface area contributed by atoms with Crippen molar-refractivity contribution in [3.05, 3.63) is 17.7 Å². The van der Waals surface area contributed by atoms with Gasteiger partial charge in [0.1, 0.15) is 25.0 Å². The van der Waals surface area contributed by atoms with Gasteiger partial charge in [-0.3, -0.25) is 0 Å². The number of benzene rings is 1. The minimum absolute atomic E-state index is 0.116. The smallest absolute Gasteiger partial charge is 0.167 e. The molecule has 0 bridgehead atoms. The Balaban J connectivity index is 1.87. The zero-order valence-corrected chi connectivity index (χ0v) is 10.3. The van der Waals surface area contributed by atoms with Gasteiger partial charge in [0.2, 0.25) is 0 Å². The van der Waals surface area contributed by atoms with Crippen LogP contribution in [0.1, 0.15) is 23.9 Å². The summed E-state index contributed by atoms with van der Waals surface area (Å²) in [5.41, 5.74) is 0.621. The quantitative estimate of drug-likeness (QED) is 0.874. The van der Waals surface area contributed by atoms with Gasteiger partial charge in [0.25, 0.3) is 0 Å². The van der Waals surface area contributed by atoms with Crippen LogP contribution in [0.3, 0.4) is 0 Å². The van der Waals surface area contributed by atoms with Crippen LogP contribution in [0.4, 0.5) is 0 Å². The van der Waals surface area contributed by atoms with Crippen molar-refractivity contribution in [1.29, 1.82) is 0 Å². The van der Waals surface area contributed by atoms with Gasteiger partial charge in [-0.05, 0) is 45.0 Å². The summed E-state index contributed by atoms with van der Waals surface area (Å²) in [4.78, 5) is 0. The van der Waals surface area contributed by atoms with E-state index in [9.17, 15) is 0 Å². The van der Waals surface area contributed by atoms with Gasteiger partial charge in [0, 0.05) is 5.56 Å². The molecule has 98 valence electrons. The molecule has 0 aliphatic carbocycles. The molecule has 1 aromatic rings. The molecule has 2 aliphatic rings. The molecule has 1 N–H and O–H groups in total. The summed E-state index contributed by atoms with van der Waals surface area (Å²) in [5, 5.41) is 3.27. The standard InChI is InChI=1S/C14H19NO3/c1-10-12(18-11-4-6-15-7-5-11)2-3-13-14(10)17-9-8-16-13/h2-3,11,15H,4-9H2,1H3/i8D2,9D2. The van der Waals surface area contributed by atoms with E-state index in [4.69, 9.17) is 19.7 Å². The molecule has 3 rings (SSSR count). The number of hydrogen-bond donors (Lipinski definition) is 1. The maximum Gasteiger partial charge on any atom is 0.167 e. The minimum Gasteiger partial charge on any atom is -0.490 e. The van der Waals surface area contributed by atoms with Gasteiger partial charge < -0.3 is 19.5 Å². The zero-order chi connectivity index (χ0) is 16.0. The molecule has 4 heteroatoms. The van der Waals surface area contributed by atoms with Crippen molar-refractivity contribution >= 4 is 0 Å². The van der Waals surface area contributed by atoms with Gasteiger partial charge in [-0.25, -0.2) is 0 Å². The third-order valence-electron chi connectivity index (χ3n) is 3.26. The molecular formula is C14H19NO3.